The Morgan fingerprint density at radius 3 is 2.84 bits per heavy atom. The topological polar surface area (TPSA) is 42.2 Å². The van der Waals surface area contributed by atoms with Crippen LogP contribution in [0.1, 0.15) is 23.2 Å². The number of hydrogen-bond acceptors (Lipinski definition) is 3. The molecule has 0 bridgehead atoms. The molecule has 0 fully saturated rings. The van der Waals surface area contributed by atoms with Gasteiger partial charge < -0.3 is 10.6 Å². The van der Waals surface area contributed by atoms with Crippen LogP contribution in [0.5, 0.6) is 0 Å². The second-order valence-corrected chi connectivity index (χ2v) is 5.02. The summed E-state index contributed by atoms with van der Waals surface area (Å²) < 4.78 is 0. The van der Waals surface area contributed by atoms with Crippen molar-refractivity contribution < 1.29 is 0 Å². The number of hydrogen-bond donors (Lipinski definition) is 1. The molecular weight excluding hydrogens is 234 g/mol. The number of nitrogens with two attached hydrogens (primary N) is 1. The summed E-state index contributed by atoms with van der Waals surface area (Å²) >= 11 is 0. The van der Waals surface area contributed by atoms with E-state index in [1.165, 1.54) is 24.1 Å². The first kappa shape index (κ1) is 12.2. The number of anilines is 2. The van der Waals surface area contributed by atoms with Crippen LogP contribution in [0.15, 0.2) is 36.4 Å². The third-order valence-corrected chi connectivity index (χ3v) is 3.83. The first-order chi connectivity index (χ1) is 9.29. The van der Waals surface area contributed by atoms with Gasteiger partial charge >= 0.3 is 0 Å². The molecule has 19 heavy (non-hydrogen) atoms. The van der Waals surface area contributed by atoms with Crippen molar-refractivity contribution in [3.05, 3.63) is 53.2 Å². The van der Waals surface area contributed by atoms with Crippen LogP contribution in [0.3, 0.4) is 0 Å². The summed E-state index contributed by atoms with van der Waals surface area (Å²) in [6.07, 6.45) is 3.51. The highest BCUT2D eigenvalue weighted by Gasteiger charge is 2.15. The molecule has 3 heteroatoms. The normalized spacial score (nSPS) is 13.4. The van der Waals surface area contributed by atoms with E-state index in [9.17, 15) is 0 Å². The third-order valence-electron chi connectivity index (χ3n) is 3.83. The highest BCUT2D eigenvalue weighted by atomic mass is 15.2. The van der Waals surface area contributed by atoms with E-state index in [0.717, 1.165) is 23.5 Å². The number of aryl methyl sites for hydroxylation is 2. The predicted octanol–water partition coefficient (Wildman–Crippen LogP) is 2.80. The van der Waals surface area contributed by atoms with E-state index in [4.69, 9.17) is 10.7 Å². The summed E-state index contributed by atoms with van der Waals surface area (Å²) in [5, 5.41) is 0. The summed E-state index contributed by atoms with van der Waals surface area (Å²) in [6.45, 7) is 0.547. The van der Waals surface area contributed by atoms with Gasteiger partial charge in [-0.1, -0.05) is 24.3 Å². The predicted molar refractivity (Wildman–Crippen MR) is 78.7 cm³/mol. The highest BCUT2D eigenvalue weighted by Crippen LogP contribution is 2.28. The van der Waals surface area contributed by atoms with Gasteiger partial charge in [-0.25, -0.2) is 4.98 Å². The molecule has 1 aliphatic carbocycles. The van der Waals surface area contributed by atoms with Crippen LogP contribution in [0, 0.1) is 0 Å². The van der Waals surface area contributed by atoms with Crippen LogP contribution >= 0.6 is 0 Å². The molecule has 0 atom stereocenters. The summed E-state index contributed by atoms with van der Waals surface area (Å²) in [4.78, 5) is 6.92. The van der Waals surface area contributed by atoms with Crippen LogP contribution < -0.4 is 10.6 Å². The summed E-state index contributed by atoms with van der Waals surface area (Å²) in [7, 11) is 2.05. The number of fused-ring (bicyclic) bond motifs is 1. The molecule has 0 unspecified atom stereocenters. The molecule has 0 spiro atoms. The van der Waals surface area contributed by atoms with E-state index in [1.807, 2.05) is 12.1 Å². The van der Waals surface area contributed by atoms with Crippen LogP contribution in [0.25, 0.3) is 0 Å². The molecule has 0 amide bonds. The van der Waals surface area contributed by atoms with E-state index < -0.39 is 0 Å². The number of pyridine rings is 1. The lowest BCUT2D eigenvalue weighted by molar-refractivity contribution is 0.898. The molecule has 0 saturated carbocycles. The number of benzene rings is 1. The zero-order valence-electron chi connectivity index (χ0n) is 11.3. The molecule has 1 heterocycles. The second kappa shape index (κ2) is 5.02. The van der Waals surface area contributed by atoms with Crippen molar-refractivity contribution in [3.8, 4) is 0 Å². The lowest BCUT2D eigenvalue weighted by Gasteiger charge is -2.21. The van der Waals surface area contributed by atoms with Gasteiger partial charge in [0, 0.05) is 25.0 Å². The van der Waals surface area contributed by atoms with Crippen molar-refractivity contribution in [1.29, 1.82) is 0 Å². The fourth-order valence-electron chi connectivity index (χ4n) is 2.73. The van der Waals surface area contributed by atoms with Crippen molar-refractivity contribution in [1.82, 2.24) is 4.98 Å². The highest BCUT2D eigenvalue weighted by molar-refractivity contribution is 5.63. The van der Waals surface area contributed by atoms with Crippen LogP contribution in [-0.4, -0.2) is 12.0 Å². The van der Waals surface area contributed by atoms with Gasteiger partial charge in [-0.15, -0.1) is 0 Å². The largest absolute Gasteiger partial charge is 0.329 e. The molecule has 2 aromatic rings. The first-order valence-corrected chi connectivity index (χ1v) is 6.80. The van der Waals surface area contributed by atoms with Crippen LogP contribution in [0.4, 0.5) is 11.5 Å². The van der Waals surface area contributed by atoms with Crippen molar-refractivity contribution in [2.75, 3.05) is 11.9 Å². The second-order valence-electron chi connectivity index (χ2n) is 5.02. The van der Waals surface area contributed by atoms with Gasteiger partial charge in [0.2, 0.25) is 0 Å². The first-order valence-electron chi connectivity index (χ1n) is 6.80. The molecule has 0 radical (unpaired) electrons. The maximum absolute atomic E-state index is 5.81. The minimum atomic E-state index is 0.547. The molecule has 3 rings (SSSR count). The van der Waals surface area contributed by atoms with E-state index in [0.29, 0.717) is 6.54 Å². The molecule has 0 saturated heterocycles. The Kier molecular flexibility index (Phi) is 3.22. The van der Waals surface area contributed by atoms with Crippen molar-refractivity contribution in [2.45, 2.75) is 25.8 Å². The Morgan fingerprint density at radius 1 is 1.16 bits per heavy atom. The number of rotatable bonds is 3. The molecule has 0 aliphatic heterocycles. The average molecular weight is 253 g/mol. The van der Waals surface area contributed by atoms with Gasteiger partial charge in [-0.05, 0) is 42.5 Å². The fraction of sp³-hybridized carbons (Fsp3) is 0.312. The van der Waals surface area contributed by atoms with Gasteiger partial charge in [-0.2, -0.15) is 0 Å². The van der Waals surface area contributed by atoms with Crippen molar-refractivity contribution in [3.63, 3.8) is 0 Å². The van der Waals surface area contributed by atoms with E-state index in [-0.39, 0.29) is 0 Å². The number of nitrogens with zero attached hydrogens (tertiary/aromatic N) is 2. The Hall–Kier alpha value is -1.87. The maximum atomic E-state index is 5.81. The van der Waals surface area contributed by atoms with Crippen molar-refractivity contribution in [2.24, 2.45) is 5.73 Å². The van der Waals surface area contributed by atoms with Crippen molar-refractivity contribution >= 4 is 11.5 Å². The third kappa shape index (κ3) is 2.22. The van der Waals surface area contributed by atoms with Gasteiger partial charge in [0.15, 0.2) is 0 Å². The Labute approximate surface area is 114 Å². The van der Waals surface area contributed by atoms with Crippen LogP contribution in [-0.2, 0) is 19.4 Å². The van der Waals surface area contributed by atoms with Gasteiger partial charge in [0.05, 0.1) is 0 Å². The number of aromatic nitrogens is 1. The summed E-state index contributed by atoms with van der Waals surface area (Å²) in [5.41, 5.74) is 10.8. The Morgan fingerprint density at radius 2 is 2.00 bits per heavy atom. The molecule has 1 aromatic heterocycles. The fourth-order valence-corrected chi connectivity index (χ4v) is 2.73. The van der Waals surface area contributed by atoms with Gasteiger partial charge in [0.1, 0.15) is 5.82 Å². The Balaban J connectivity index is 1.97. The molecule has 3 nitrogen and oxygen atoms in total. The van der Waals surface area contributed by atoms with E-state index in [1.54, 1.807) is 0 Å². The summed E-state index contributed by atoms with van der Waals surface area (Å²) in [6, 6.07) is 12.5. The average Bonchev–Trinajstić information content (AvgIpc) is 2.93. The molecular formula is C16H19N3. The lowest BCUT2D eigenvalue weighted by atomic mass is 10.1. The number of para-hydroxylation sites is 1. The van der Waals surface area contributed by atoms with E-state index in [2.05, 4.69) is 36.2 Å². The van der Waals surface area contributed by atoms with Gasteiger partial charge in [-0.3, -0.25) is 0 Å². The minimum Gasteiger partial charge on any atom is -0.329 e. The Bertz CT molecular complexity index is 592. The molecule has 1 aliphatic rings. The molecule has 2 N–H and O–H groups in total. The maximum Gasteiger partial charge on any atom is 0.133 e. The van der Waals surface area contributed by atoms with Gasteiger partial charge in [0.25, 0.3) is 0 Å². The van der Waals surface area contributed by atoms with Crippen LogP contribution in [0.2, 0.25) is 0 Å². The SMILES string of the molecule is CN(c1ccc2c(n1)CCC2)c1ccccc1CN. The lowest BCUT2D eigenvalue weighted by Crippen LogP contribution is -2.15. The quantitative estimate of drug-likeness (QED) is 0.914. The molecule has 1 aromatic carbocycles. The minimum absolute atomic E-state index is 0.547. The smallest absolute Gasteiger partial charge is 0.133 e. The monoisotopic (exact) mass is 253 g/mol. The standard InChI is InChI=1S/C16H19N3/c1-19(15-8-3-2-5-13(15)11-17)16-10-9-12-6-4-7-14(12)18-16/h2-3,5,8-10H,4,6-7,11,17H2,1H3. The zero-order valence-corrected chi connectivity index (χ0v) is 11.3. The van der Waals surface area contributed by atoms with E-state index >= 15 is 0 Å². The molecule has 98 valence electrons. The zero-order chi connectivity index (χ0) is 13.2. The summed E-state index contributed by atoms with van der Waals surface area (Å²) in [5.74, 6) is 1.00.